The van der Waals surface area contributed by atoms with Crippen LogP contribution >= 0.6 is 0 Å². The zero-order valence-electron chi connectivity index (χ0n) is 10.3. The Balaban J connectivity index is 2.11. The Bertz CT molecular complexity index is 692. The lowest BCUT2D eigenvalue weighted by atomic mass is 9.92. The normalized spacial score (nSPS) is 19.8. The van der Waals surface area contributed by atoms with Crippen LogP contribution in [0.2, 0.25) is 0 Å². The number of benzene rings is 1. The molecule has 2 N–H and O–H groups in total. The highest BCUT2D eigenvalue weighted by atomic mass is 19.1. The standard InChI is InChI=1S/C13H12FN3O2/c1-6-4-7(14)5-9-11(6)16-17-12(9)8-2-3-10(18)15-13(8)19/h4-5,8H,2-3H2,1H3,(H,16,17)(H,15,18,19). The van der Waals surface area contributed by atoms with Crippen LogP contribution in [0.15, 0.2) is 12.1 Å². The number of halogens is 1. The van der Waals surface area contributed by atoms with Gasteiger partial charge in [-0.2, -0.15) is 5.10 Å². The number of piperidine rings is 1. The summed E-state index contributed by atoms with van der Waals surface area (Å²) in [4.78, 5) is 23.0. The molecular formula is C13H12FN3O2. The first-order chi connectivity index (χ1) is 9.06. The predicted molar refractivity (Wildman–Crippen MR) is 65.9 cm³/mol. The number of hydrogen-bond acceptors (Lipinski definition) is 3. The molecule has 0 aliphatic carbocycles. The van der Waals surface area contributed by atoms with Crippen molar-refractivity contribution in [2.45, 2.75) is 25.7 Å². The van der Waals surface area contributed by atoms with E-state index < -0.39 is 5.92 Å². The molecule has 0 saturated carbocycles. The van der Waals surface area contributed by atoms with Gasteiger partial charge in [0.25, 0.3) is 0 Å². The SMILES string of the molecule is Cc1cc(F)cc2c(C3CCC(=O)NC3=O)[nH]nc12. The minimum atomic E-state index is -0.483. The Morgan fingerprint density at radius 1 is 1.37 bits per heavy atom. The van der Waals surface area contributed by atoms with Gasteiger partial charge in [-0.3, -0.25) is 20.0 Å². The second kappa shape index (κ2) is 4.15. The van der Waals surface area contributed by atoms with E-state index in [4.69, 9.17) is 0 Å². The molecule has 0 radical (unpaired) electrons. The number of aromatic nitrogens is 2. The minimum absolute atomic E-state index is 0.271. The fourth-order valence-electron chi connectivity index (χ4n) is 2.50. The first-order valence-corrected chi connectivity index (χ1v) is 6.04. The predicted octanol–water partition coefficient (Wildman–Crippen LogP) is 1.53. The Hall–Kier alpha value is -2.24. The van der Waals surface area contributed by atoms with Crippen LogP contribution in [0.4, 0.5) is 4.39 Å². The molecule has 2 amide bonds. The maximum absolute atomic E-state index is 13.5. The third-order valence-corrected chi connectivity index (χ3v) is 3.43. The van der Waals surface area contributed by atoms with Crippen LogP contribution in [0, 0.1) is 12.7 Å². The topological polar surface area (TPSA) is 74.8 Å². The number of aryl methyl sites for hydroxylation is 1. The molecule has 1 aliphatic heterocycles. The van der Waals surface area contributed by atoms with Crippen molar-refractivity contribution in [3.05, 3.63) is 29.2 Å². The van der Waals surface area contributed by atoms with E-state index in [1.165, 1.54) is 12.1 Å². The quantitative estimate of drug-likeness (QED) is 0.764. The van der Waals surface area contributed by atoms with Crippen molar-refractivity contribution >= 4 is 22.7 Å². The molecular weight excluding hydrogens is 249 g/mol. The van der Waals surface area contributed by atoms with Crippen LogP contribution in [0.1, 0.15) is 30.0 Å². The molecule has 1 saturated heterocycles. The molecule has 1 aromatic heterocycles. The summed E-state index contributed by atoms with van der Waals surface area (Å²) >= 11 is 0. The van der Waals surface area contributed by atoms with Crippen molar-refractivity contribution in [1.82, 2.24) is 15.5 Å². The van der Waals surface area contributed by atoms with Gasteiger partial charge < -0.3 is 0 Å². The van der Waals surface area contributed by atoms with Crippen molar-refractivity contribution in [1.29, 1.82) is 0 Å². The van der Waals surface area contributed by atoms with Gasteiger partial charge in [0.05, 0.1) is 17.1 Å². The number of aromatic amines is 1. The van der Waals surface area contributed by atoms with Crippen molar-refractivity contribution in [2.24, 2.45) is 0 Å². The smallest absolute Gasteiger partial charge is 0.235 e. The number of carbonyl (C=O) groups excluding carboxylic acids is 2. The minimum Gasteiger partial charge on any atom is -0.296 e. The van der Waals surface area contributed by atoms with Gasteiger partial charge in [-0.15, -0.1) is 0 Å². The summed E-state index contributed by atoms with van der Waals surface area (Å²) in [6.45, 7) is 1.76. The summed E-state index contributed by atoms with van der Waals surface area (Å²) in [5.74, 6) is -1.47. The number of amides is 2. The molecule has 1 aliphatic rings. The lowest BCUT2D eigenvalue weighted by Crippen LogP contribution is -2.39. The Morgan fingerprint density at radius 2 is 2.16 bits per heavy atom. The van der Waals surface area contributed by atoms with E-state index >= 15 is 0 Å². The number of carbonyl (C=O) groups is 2. The number of rotatable bonds is 1. The third-order valence-electron chi connectivity index (χ3n) is 3.43. The molecule has 6 heteroatoms. The Labute approximate surface area is 108 Å². The van der Waals surface area contributed by atoms with Gasteiger partial charge in [0.1, 0.15) is 5.82 Å². The van der Waals surface area contributed by atoms with E-state index in [0.29, 0.717) is 28.6 Å². The molecule has 1 atom stereocenters. The highest BCUT2D eigenvalue weighted by molar-refractivity contribution is 6.02. The first-order valence-electron chi connectivity index (χ1n) is 6.04. The molecule has 2 heterocycles. The van der Waals surface area contributed by atoms with Crippen LogP contribution < -0.4 is 5.32 Å². The average molecular weight is 261 g/mol. The van der Waals surface area contributed by atoms with Crippen LogP contribution in [-0.4, -0.2) is 22.0 Å². The molecule has 0 spiro atoms. The molecule has 98 valence electrons. The van der Waals surface area contributed by atoms with Gasteiger partial charge in [0.15, 0.2) is 0 Å². The maximum Gasteiger partial charge on any atom is 0.235 e. The monoisotopic (exact) mass is 261 g/mol. The fraction of sp³-hybridized carbons (Fsp3) is 0.308. The first kappa shape index (κ1) is 11.8. The van der Waals surface area contributed by atoms with Gasteiger partial charge in [-0.25, -0.2) is 4.39 Å². The van der Waals surface area contributed by atoms with Crippen molar-refractivity contribution < 1.29 is 14.0 Å². The second-order valence-electron chi connectivity index (χ2n) is 4.76. The van der Waals surface area contributed by atoms with Gasteiger partial charge in [0.2, 0.25) is 11.8 Å². The highest BCUT2D eigenvalue weighted by Crippen LogP contribution is 2.30. The van der Waals surface area contributed by atoms with Gasteiger partial charge >= 0.3 is 0 Å². The Kier molecular flexibility index (Phi) is 2.58. The maximum atomic E-state index is 13.5. The summed E-state index contributed by atoms with van der Waals surface area (Å²) in [5, 5.41) is 9.84. The van der Waals surface area contributed by atoms with E-state index in [2.05, 4.69) is 15.5 Å². The number of fused-ring (bicyclic) bond motifs is 1. The zero-order valence-corrected chi connectivity index (χ0v) is 10.3. The number of H-pyrrole nitrogens is 1. The molecule has 3 rings (SSSR count). The van der Waals surface area contributed by atoms with Crippen LogP contribution in [0.5, 0.6) is 0 Å². The highest BCUT2D eigenvalue weighted by Gasteiger charge is 2.30. The van der Waals surface area contributed by atoms with Gasteiger partial charge in [-0.05, 0) is 31.0 Å². The average Bonchev–Trinajstić information content (AvgIpc) is 2.73. The molecule has 0 bridgehead atoms. The molecule has 19 heavy (non-hydrogen) atoms. The number of hydrogen-bond donors (Lipinski definition) is 2. The zero-order chi connectivity index (χ0) is 13.6. The van der Waals surface area contributed by atoms with E-state index in [-0.39, 0.29) is 24.1 Å². The summed E-state index contributed by atoms with van der Waals surface area (Å²) in [6, 6.07) is 2.77. The largest absolute Gasteiger partial charge is 0.296 e. The van der Waals surface area contributed by atoms with Crippen LogP contribution in [-0.2, 0) is 9.59 Å². The summed E-state index contributed by atoms with van der Waals surface area (Å²) in [7, 11) is 0. The number of nitrogens with zero attached hydrogens (tertiary/aromatic N) is 1. The summed E-state index contributed by atoms with van der Waals surface area (Å²) in [5.41, 5.74) is 1.94. The molecule has 5 nitrogen and oxygen atoms in total. The Morgan fingerprint density at radius 3 is 2.89 bits per heavy atom. The van der Waals surface area contributed by atoms with E-state index in [9.17, 15) is 14.0 Å². The molecule has 1 unspecified atom stereocenters. The molecule has 1 aromatic carbocycles. The fourth-order valence-corrected chi connectivity index (χ4v) is 2.50. The lowest BCUT2D eigenvalue weighted by Gasteiger charge is -2.19. The van der Waals surface area contributed by atoms with Gasteiger partial charge in [0, 0.05) is 11.8 Å². The van der Waals surface area contributed by atoms with Crippen LogP contribution in [0.25, 0.3) is 10.9 Å². The van der Waals surface area contributed by atoms with E-state index in [1.54, 1.807) is 6.92 Å². The van der Waals surface area contributed by atoms with Crippen molar-refractivity contribution in [2.75, 3.05) is 0 Å². The number of nitrogens with one attached hydrogen (secondary N) is 2. The van der Waals surface area contributed by atoms with Crippen LogP contribution in [0.3, 0.4) is 0 Å². The second-order valence-corrected chi connectivity index (χ2v) is 4.76. The lowest BCUT2D eigenvalue weighted by molar-refractivity contribution is -0.134. The van der Waals surface area contributed by atoms with E-state index in [0.717, 1.165) is 0 Å². The van der Waals surface area contributed by atoms with Crippen molar-refractivity contribution in [3.8, 4) is 0 Å². The summed E-state index contributed by atoms with van der Waals surface area (Å²) < 4.78 is 13.5. The number of imide groups is 1. The van der Waals surface area contributed by atoms with E-state index in [1.807, 2.05) is 0 Å². The van der Waals surface area contributed by atoms with Crippen molar-refractivity contribution in [3.63, 3.8) is 0 Å². The molecule has 1 fully saturated rings. The third kappa shape index (κ3) is 1.89. The molecule has 2 aromatic rings. The summed E-state index contributed by atoms with van der Waals surface area (Å²) in [6.07, 6.45) is 0.697. The van der Waals surface area contributed by atoms with Gasteiger partial charge in [-0.1, -0.05) is 0 Å².